The van der Waals surface area contributed by atoms with E-state index in [2.05, 4.69) is 17.0 Å². The van der Waals surface area contributed by atoms with Gasteiger partial charge in [0.1, 0.15) is 0 Å². The minimum atomic E-state index is -3.39. The lowest BCUT2D eigenvalue weighted by molar-refractivity contribution is -0.121. The van der Waals surface area contributed by atoms with E-state index < -0.39 is 10.0 Å². The van der Waals surface area contributed by atoms with E-state index in [4.69, 9.17) is 0 Å². The maximum absolute atomic E-state index is 12.0. The van der Waals surface area contributed by atoms with Crippen molar-refractivity contribution in [3.05, 3.63) is 29.8 Å². The third kappa shape index (κ3) is 5.42. The number of carbonyl (C=O) groups excluding carboxylic acids is 1. The maximum Gasteiger partial charge on any atom is 0.240 e. The van der Waals surface area contributed by atoms with Crippen LogP contribution in [0, 0.1) is 0 Å². The molecular formula is C16H24N2O3S. The molecule has 1 aliphatic rings. The lowest BCUT2D eigenvalue weighted by atomic mass is 10.1. The van der Waals surface area contributed by atoms with Gasteiger partial charge in [0.2, 0.25) is 15.9 Å². The molecule has 1 aliphatic carbocycles. The summed E-state index contributed by atoms with van der Waals surface area (Å²) in [5.74, 6) is 0.0422. The van der Waals surface area contributed by atoms with Crippen LogP contribution in [-0.4, -0.2) is 26.9 Å². The smallest absolute Gasteiger partial charge is 0.240 e. The van der Waals surface area contributed by atoms with Gasteiger partial charge in [0.05, 0.1) is 4.90 Å². The first-order valence-electron chi connectivity index (χ1n) is 7.89. The summed E-state index contributed by atoms with van der Waals surface area (Å²) < 4.78 is 26.7. The molecular weight excluding hydrogens is 300 g/mol. The first kappa shape index (κ1) is 17.0. The Labute approximate surface area is 132 Å². The number of hydrogen-bond donors (Lipinski definition) is 2. The molecule has 1 amide bonds. The molecule has 2 rings (SSSR count). The van der Waals surface area contributed by atoms with Crippen molar-refractivity contribution in [2.75, 3.05) is 6.54 Å². The van der Waals surface area contributed by atoms with Crippen LogP contribution in [0.1, 0.15) is 44.6 Å². The zero-order valence-electron chi connectivity index (χ0n) is 13.0. The predicted octanol–water partition coefficient (Wildman–Crippen LogP) is 1.98. The highest BCUT2D eigenvalue weighted by atomic mass is 32.2. The Balaban J connectivity index is 1.82. The molecule has 1 saturated carbocycles. The van der Waals surface area contributed by atoms with Gasteiger partial charge in [-0.2, -0.15) is 0 Å². The van der Waals surface area contributed by atoms with Gasteiger partial charge in [0.25, 0.3) is 0 Å². The van der Waals surface area contributed by atoms with Crippen molar-refractivity contribution in [3.8, 4) is 0 Å². The number of amides is 1. The van der Waals surface area contributed by atoms with Gasteiger partial charge in [-0.25, -0.2) is 13.1 Å². The summed E-state index contributed by atoms with van der Waals surface area (Å²) in [6.07, 6.45) is 4.94. The maximum atomic E-state index is 12.0. The van der Waals surface area contributed by atoms with E-state index in [9.17, 15) is 13.2 Å². The summed E-state index contributed by atoms with van der Waals surface area (Å²) >= 11 is 0. The Morgan fingerprint density at radius 3 is 2.50 bits per heavy atom. The Morgan fingerprint density at radius 1 is 1.23 bits per heavy atom. The molecule has 0 bridgehead atoms. The van der Waals surface area contributed by atoms with Crippen LogP contribution in [0.4, 0.5) is 0 Å². The molecule has 0 unspecified atom stereocenters. The number of unbranched alkanes of at least 4 members (excludes halogenated alkanes) is 1. The van der Waals surface area contributed by atoms with Crippen molar-refractivity contribution in [3.63, 3.8) is 0 Å². The summed E-state index contributed by atoms with van der Waals surface area (Å²) in [7, 11) is -3.39. The van der Waals surface area contributed by atoms with Crippen LogP contribution in [-0.2, 0) is 21.2 Å². The molecule has 2 N–H and O–H groups in total. The minimum Gasteiger partial charge on any atom is -0.356 e. The second-order valence-corrected chi connectivity index (χ2v) is 7.46. The fourth-order valence-electron chi connectivity index (χ4n) is 2.07. The second-order valence-electron chi connectivity index (χ2n) is 5.74. The molecule has 0 aromatic heterocycles. The van der Waals surface area contributed by atoms with E-state index in [1.165, 1.54) is 0 Å². The van der Waals surface area contributed by atoms with Crippen molar-refractivity contribution >= 4 is 15.9 Å². The van der Waals surface area contributed by atoms with Crippen LogP contribution in [0.15, 0.2) is 29.2 Å². The zero-order valence-corrected chi connectivity index (χ0v) is 13.8. The molecule has 5 nitrogen and oxygen atoms in total. The topological polar surface area (TPSA) is 75.3 Å². The number of nitrogens with one attached hydrogen (secondary N) is 2. The molecule has 0 heterocycles. The first-order chi connectivity index (χ1) is 10.5. The Hall–Kier alpha value is -1.40. The average molecular weight is 324 g/mol. The fourth-order valence-corrected chi connectivity index (χ4v) is 3.38. The highest BCUT2D eigenvalue weighted by Crippen LogP contribution is 2.22. The summed E-state index contributed by atoms with van der Waals surface area (Å²) in [6, 6.07) is 6.88. The Morgan fingerprint density at radius 2 is 1.91 bits per heavy atom. The van der Waals surface area contributed by atoms with Crippen molar-refractivity contribution in [2.45, 2.75) is 56.4 Å². The zero-order chi connectivity index (χ0) is 16.0. The minimum absolute atomic E-state index is 0.0422. The number of benzene rings is 1. The molecule has 0 aliphatic heterocycles. The highest BCUT2D eigenvalue weighted by Gasteiger charge is 2.27. The van der Waals surface area contributed by atoms with Gasteiger partial charge >= 0.3 is 0 Å². The van der Waals surface area contributed by atoms with E-state index in [1.807, 2.05) is 0 Å². The molecule has 1 fully saturated rings. The number of hydrogen-bond acceptors (Lipinski definition) is 3. The lowest BCUT2D eigenvalue weighted by Crippen LogP contribution is -2.25. The van der Waals surface area contributed by atoms with Gasteiger partial charge in [-0.05, 0) is 43.4 Å². The summed E-state index contributed by atoms with van der Waals surface area (Å²) in [4.78, 5) is 11.9. The number of rotatable bonds is 9. The van der Waals surface area contributed by atoms with Crippen molar-refractivity contribution < 1.29 is 13.2 Å². The third-order valence-electron chi connectivity index (χ3n) is 3.63. The van der Waals surface area contributed by atoms with E-state index in [0.29, 0.717) is 12.8 Å². The van der Waals surface area contributed by atoms with Crippen molar-refractivity contribution in [2.24, 2.45) is 0 Å². The average Bonchev–Trinajstić information content (AvgIpc) is 3.29. The quantitative estimate of drug-likeness (QED) is 0.682. The number of aryl methyl sites for hydroxylation is 1. The largest absolute Gasteiger partial charge is 0.356 e. The summed E-state index contributed by atoms with van der Waals surface area (Å²) in [6.45, 7) is 2.80. The van der Waals surface area contributed by atoms with Crippen molar-refractivity contribution in [1.82, 2.24) is 10.0 Å². The van der Waals surface area contributed by atoms with Crippen LogP contribution in [0.3, 0.4) is 0 Å². The first-order valence-corrected chi connectivity index (χ1v) is 9.37. The van der Waals surface area contributed by atoms with Gasteiger partial charge in [-0.3, -0.25) is 4.79 Å². The van der Waals surface area contributed by atoms with E-state index in [1.54, 1.807) is 24.3 Å². The van der Waals surface area contributed by atoms with Gasteiger partial charge in [-0.1, -0.05) is 25.5 Å². The molecule has 122 valence electrons. The second kappa shape index (κ2) is 7.74. The summed E-state index contributed by atoms with van der Waals surface area (Å²) in [5, 5.41) is 2.87. The van der Waals surface area contributed by atoms with Gasteiger partial charge < -0.3 is 5.32 Å². The van der Waals surface area contributed by atoms with E-state index in [-0.39, 0.29) is 16.8 Å². The van der Waals surface area contributed by atoms with Crippen LogP contribution in [0.25, 0.3) is 0 Å². The van der Waals surface area contributed by atoms with Gasteiger partial charge in [0.15, 0.2) is 0 Å². The number of carbonyl (C=O) groups is 1. The normalized spacial score (nSPS) is 14.8. The molecule has 6 heteroatoms. The molecule has 0 spiro atoms. The van der Waals surface area contributed by atoms with Crippen molar-refractivity contribution in [1.29, 1.82) is 0 Å². The number of sulfonamides is 1. The van der Waals surface area contributed by atoms with Crippen LogP contribution < -0.4 is 10.0 Å². The molecule has 22 heavy (non-hydrogen) atoms. The molecule has 1 aromatic rings. The van der Waals surface area contributed by atoms with E-state index >= 15 is 0 Å². The van der Waals surface area contributed by atoms with Gasteiger partial charge in [-0.15, -0.1) is 0 Å². The SMILES string of the molecule is CCCCNC(=O)CCc1ccc(S(=O)(=O)NC2CC2)cc1. The van der Waals surface area contributed by atoms with Crippen LogP contribution in [0.2, 0.25) is 0 Å². The fraction of sp³-hybridized carbons (Fsp3) is 0.562. The monoisotopic (exact) mass is 324 g/mol. The Kier molecular flexibility index (Phi) is 5.97. The summed E-state index contributed by atoms with van der Waals surface area (Å²) in [5.41, 5.74) is 0.969. The van der Waals surface area contributed by atoms with E-state index in [0.717, 1.165) is 37.8 Å². The van der Waals surface area contributed by atoms with Gasteiger partial charge in [0, 0.05) is 19.0 Å². The molecule has 1 aromatic carbocycles. The predicted molar refractivity (Wildman–Crippen MR) is 86.0 cm³/mol. The van der Waals surface area contributed by atoms with Crippen LogP contribution in [0.5, 0.6) is 0 Å². The molecule has 0 saturated heterocycles. The van der Waals surface area contributed by atoms with Crippen LogP contribution >= 0.6 is 0 Å². The molecule has 0 radical (unpaired) electrons. The lowest BCUT2D eigenvalue weighted by Gasteiger charge is -2.07. The molecule has 0 atom stereocenters. The highest BCUT2D eigenvalue weighted by molar-refractivity contribution is 7.89. The standard InChI is InChI=1S/C16H24N2O3S/c1-2-3-12-17-16(19)11-6-13-4-9-15(10-5-13)22(20,21)18-14-7-8-14/h4-5,9-10,14,18H,2-3,6-8,11-12H2,1H3,(H,17,19). The third-order valence-corrected chi connectivity index (χ3v) is 5.16. The Bertz CT molecular complexity index is 592.